The van der Waals surface area contributed by atoms with Gasteiger partial charge >= 0.3 is 0 Å². The summed E-state index contributed by atoms with van der Waals surface area (Å²) in [6.07, 6.45) is 2.84. The molecule has 1 heterocycles. The molecular formula is C12H8BrClFN3O. The Morgan fingerprint density at radius 3 is 2.68 bits per heavy atom. The van der Waals surface area contributed by atoms with Crippen LogP contribution in [0.25, 0.3) is 0 Å². The maximum Gasteiger partial charge on any atom is 0.275 e. The van der Waals surface area contributed by atoms with E-state index >= 15 is 0 Å². The molecule has 1 aromatic heterocycles. The first-order valence-electron chi connectivity index (χ1n) is 5.22. The van der Waals surface area contributed by atoms with E-state index in [0.717, 1.165) is 6.07 Å². The third-order valence-corrected chi connectivity index (χ3v) is 3.18. The molecule has 0 atom stereocenters. The van der Waals surface area contributed by atoms with Gasteiger partial charge in [-0.2, -0.15) is 0 Å². The average molecular weight is 345 g/mol. The summed E-state index contributed by atoms with van der Waals surface area (Å²) < 4.78 is 13.4. The number of hydrogen-bond donors (Lipinski definition) is 1. The molecule has 0 aliphatic carbocycles. The van der Waals surface area contributed by atoms with E-state index in [1.54, 1.807) is 6.92 Å². The highest BCUT2D eigenvalue weighted by Gasteiger charge is 2.14. The van der Waals surface area contributed by atoms with Crippen LogP contribution in [0.4, 0.5) is 10.1 Å². The Labute approximate surface area is 122 Å². The van der Waals surface area contributed by atoms with E-state index in [9.17, 15) is 9.18 Å². The van der Waals surface area contributed by atoms with Crippen molar-refractivity contribution < 1.29 is 9.18 Å². The second kappa shape index (κ2) is 5.63. The van der Waals surface area contributed by atoms with Crippen molar-refractivity contribution in [2.24, 2.45) is 0 Å². The molecule has 7 heteroatoms. The lowest BCUT2D eigenvalue weighted by atomic mass is 10.3. The first-order chi connectivity index (χ1) is 8.97. The van der Waals surface area contributed by atoms with Crippen molar-refractivity contribution in [3.63, 3.8) is 0 Å². The second-order valence-electron chi connectivity index (χ2n) is 3.74. The molecule has 4 nitrogen and oxygen atoms in total. The summed E-state index contributed by atoms with van der Waals surface area (Å²) in [5.74, 6) is -0.966. The lowest BCUT2D eigenvalue weighted by Gasteiger charge is -2.09. The Hall–Kier alpha value is -1.53. The van der Waals surface area contributed by atoms with E-state index in [2.05, 4.69) is 31.2 Å². The summed E-state index contributed by atoms with van der Waals surface area (Å²) in [5, 5.41) is 2.65. The summed E-state index contributed by atoms with van der Waals surface area (Å²) in [7, 11) is 0. The van der Waals surface area contributed by atoms with Crippen LogP contribution in [0.3, 0.4) is 0 Å². The van der Waals surface area contributed by atoms with Gasteiger partial charge in [-0.25, -0.2) is 9.37 Å². The maximum absolute atomic E-state index is 13.1. The van der Waals surface area contributed by atoms with Crippen LogP contribution >= 0.6 is 27.5 Å². The molecule has 1 N–H and O–H groups in total. The zero-order valence-corrected chi connectivity index (χ0v) is 12.1. The van der Waals surface area contributed by atoms with Crippen LogP contribution in [0.1, 0.15) is 16.2 Å². The molecular weight excluding hydrogens is 337 g/mol. The standard InChI is InChI=1S/C12H8BrClFN3O/c1-6-4-17-10(5-16-6)12(19)18-11-8(13)2-7(15)3-9(11)14/h2-5H,1H3,(H,18,19). The van der Waals surface area contributed by atoms with E-state index in [1.807, 2.05) is 0 Å². The van der Waals surface area contributed by atoms with Crippen molar-refractivity contribution >= 4 is 39.1 Å². The number of nitrogens with one attached hydrogen (secondary N) is 1. The third kappa shape index (κ3) is 3.27. The fraction of sp³-hybridized carbons (Fsp3) is 0.0833. The number of amides is 1. The topological polar surface area (TPSA) is 54.9 Å². The predicted octanol–water partition coefficient (Wildman–Crippen LogP) is 3.59. The number of aryl methyl sites for hydroxylation is 1. The highest BCUT2D eigenvalue weighted by Crippen LogP contribution is 2.31. The van der Waals surface area contributed by atoms with Crippen molar-refractivity contribution in [1.82, 2.24) is 9.97 Å². The number of benzene rings is 1. The molecule has 0 bridgehead atoms. The minimum Gasteiger partial charge on any atom is -0.318 e. The maximum atomic E-state index is 13.1. The largest absolute Gasteiger partial charge is 0.318 e. The average Bonchev–Trinajstić information content (AvgIpc) is 2.34. The quantitative estimate of drug-likeness (QED) is 0.906. The fourth-order valence-corrected chi connectivity index (χ4v) is 2.25. The summed E-state index contributed by atoms with van der Waals surface area (Å²) >= 11 is 9.01. The van der Waals surface area contributed by atoms with Gasteiger partial charge in [-0.05, 0) is 35.0 Å². The minimum absolute atomic E-state index is 0.0975. The molecule has 19 heavy (non-hydrogen) atoms. The van der Waals surface area contributed by atoms with Gasteiger partial charge in [0.15, 0.2) is 0 Å². The van der Waals surface area contributed by atoms with Gasteiger partial charge in [-0.15, -0.1) is 0 Å². The van der Waals surface area contributed by atoms with Crippen LogP contribution in [0.2, 0.25) is 5.02 Å². The molecule has 98 valence electrons. The number of halogens is 3. The molecule has 0 fully saturated rings. The zero-order valence-electron chi connectivity index (χ0n) is 9.75. The van der Waals surface area contributed by atoms with Gasteiger partial charge in [0.25, 0.3) is 5.91 Å². The Morgan fingerprint density at radius 1 is 1.37 bits per heavy atom. The van der Waals surface area contributed by atoms with Crippen molar-refractivity contribution in [1.29, 1.82) is 0 Å². The van der Waals surface area contributed by atoms with Crippen LogP contribution < -0.4 is 5.32 Å². The van der Waals surface area contributed by atoms with E-state index in [4.69, 9.17) is 11.6 Å². The monoisotopic (exact) mass is 343 g/mol. The van der Waals surface area contributed by atoms with Crippen LogP contribution in [0.15, 0.2) is 29.0 Å². The molecule has 0 saturated carbocycles. The zero-order chi connectivity index (χ0) is 14.0. The highest BCUT2D eigenvalue weighted by atomic mass is 79.9. The molecule has 2 rings (SSSR count). The smallest absolute Gasteiger partial charge is 0.275 e. The van der Waals surface area contributed by atoms with E-state index < -0.39 is 11.7 Å². The van der Waals surface area contributed by atoms with E-state index in [-0.39, 0.29) is 16.4 Å². The van der Waals surface area contributed by atoms with E-state index in [1.165, 1.54) is 18.5 Å². The Balaban J connectivity index is 2.26. The first-order valence-corrected chi connectivity index (χ1v) is 6.39. The van der Waals surface area contributed by atoms with Gasteiger partial charge in [0.2, 0.25) is 0 Å². The summed E-state index contributed by atoms with van der Waals surface area (Å²) in [4.78, 5) is 19.8. The van der Waals surface area contributed by atoms with Gasteiger partial charge < -0.3 is 5.32 Å². The summed E-state index contributed by atoms with van der Waals surface area (Å²) in [6.45, 7) is 1.77. The molecule has 1 aromatic carbocycles. The third-order valence-electron chi connectivity index (χ3n) is 2.26. The number of aromatic nitrogens is 2. The van der Waals surface area contributed by atoms with Gasteiger partial charge in [-0.3, -0.25) is 9.78 Å². The minimum atomic E-state index is -0.495. The Bertz CT molecular complexity index is 610. The van der Waals surface area contributed by atoms with Gasteiger partial charge in [-0.1, -0.05) is 11.6 Å². The van der Waals surface area contributed by atoms with Crippen LogP contribution in [-0.2, 0) is 0 Å². The van der Waals surface area contributed by atoms with Crippen molar-refractivity contribution in [3.05, 3.63) is 51.2 Å². The molecule has 0 saturated heterocycles. The van der Waals surface area contributed by atoms with Crippen LogP contribution in [0, 0.1) is 12.7 Å². The van der Waals surface area contributed by atoms with Gasteiger partial charge in [0.05, 0.1) is 22.6 Å². The normalized spacial score (nSPS) is 10.3. The fourth-order valence-electron chi connectivity index (χ4n) is 1.35. The Kier molecular flexibility index (Phi) is 4.11. The molecule has 0 aliphatic heterocycles. The number of carbonyl (C=O) groups excluding carboxylic acids is 1. The Morgan fingerprint density at radius 2 is 2.11 bits per heavy atom. The van der Waals surface area contributed by atoms with Crippen molar-refractivity contribution in [3.8, 4) is 0 Å². The molecule has 0 radical (unpaired) electrons. The molecule has 2 aromatic rings. The first kappa shape index (κ1) is 13.9. The number of carbonyl (C=O) groups is 1. The number of nitrogens with zero attached hydrogens (tertiary/aromatic N) is 2. The van der Waals surface area contributed by atoms with Crippen molar-refractivity contribution in [2.75, 3.05) is 5.32 Å². The van der Waals surface area contributed by atoms with Gasteiger partial charge in [0.1, 0.15) is 11.5 Å². The van der Waals surface area contributed by atoms with Crippen LogP contribution in [-0.4, -0.2) is 15.9 Å². The molecule has 0 unspecified atom stereocenters. The molecule has 0 spiro atoms. The molecule has 1 amide bonds. The number of hydrogen-bond acceptors (Lipinski definition) is 3. The predicted molar refractivity (Wildman–Crippen MR) is 73.8 cm³/mol. The van der Waals surface area contributed by atoms with Crippen molar-refractivity contribution in [2.45, 2.75) is 6.92 Å². The number of anilines is 1. The summed E-state index contributed by atoms with van der Waals surface area (Å²) in [5.41, 5.74) is 1.14. The van der Waals surface area contributed by atoms with Gasteiger partial charge in [0, 0.05) is 10.7 Å². The highest BCUT2D eigenvalue weighted by molar-refractivity contribution is 9.10. The lowest BCUT2D eigenvalue weighted by Crippen LogP contribution is -2.15. The van der Waals surface area contributed by atoms with E-state index in [0.29, 0.717) is 10.2 Å². The SMILES string of the molecule is Cc1cnc(C(=O)Nc2c(Cl)cc(F)cc2Br)cn1. The van der Waals surface area contributed by atoms with Crippen LogP contribution in [0.5, 0.6) is 0 Å². The lowest BCUT2D eigenvalue weighted by molar-refractivity contribution is 0.102. The molecule has 0 aliphatic rings. The number of rotatable bonds is 2. The summed E-state index contributed by atoms with van der Waals surface area (Å²) in [6, 6.07) is 2.32. The second-order valence-corrected chi connectivity index (χ2v) is 5.00.